The molecule has 2 amide bonds. The highest BCUT2D eigenvalue weighted by molar-refractivity contribution is 6.04. The lowest BCUT2D eigenvalue weighted by molar-refractivity contribution is -0.138. The number of hydrogen-bond acceptors (Lipinski definition) is 4. The van der Waals surface area contributed by atoms with Crippen LogP contribution in [-0.4, -0.2) is 28.9 Å². The van der Waals surface area contributed by atoms with E-state index in [1.54, 1.807) is 24.3 Å². The van der Waals surface area contributed by atoms with E-state index in [-0.39, 0.29) is 12.8 Å². The first kappa shape index (κ1) is 17.4. The molecule has 0 aliphatic heterocycles. The summed E-state index contributed by atoms with van der Waals surface area (Å²) < 4.78 is 0. The molecule has 0 heterocycles. The predicted molar refractivity (Wildman–Crippen MR) is 89.2 cm³/mol. The molecule has 0 radical (unpaired) electrons. The predicted octanol–water partition coefficient (Wildman–Crippen LogP) is 1.80. The highest BCUT2D eigenvalue weighted by Gasteiger charge is 2.15. The first-order chi connectivity index (χ1) is 11.5. The van der Waals surface area contributed by atoms with E-state index < -0.39 is 23.8 Å². The summed E-state index contributed by atoms with van der Waals surface area (Å²) in [6.07, 6.45) is -0.150. The normalized spacial score (nSPS) is 11.5. The van der Waals surface area contributed by atoms with Crippen LogP contribution in [0.15, 0.2) is 54.6 Å². The number of hydrogen-bond donors (Lipinski definition) is 3. The quantitative estimate of drug-likeness (QED) is 0.750. The van der Waals surface area contributed by atoms with Crippen molar-refractivity contribution in [3.63, 3.8) is 0 Å². The zero-order chi connectivity index (χ0) is 17.5. The largest absolute Gasteiger partial charge is 0.480 e. The second kappa shape index (κ2) is 8.03. The molecular weight excluding hydrogens is 308 g/mol. The Hall–Kier alpha value is -2.99. The van der Waals surface area contributed by atoms with Crippen molar-refractivity contribution in [3.8, 4) is 11.1 Å². The molecule has 0 saturated heterocycles. The summed E-state index contributed by atoms with van der Waals surface area (Å²) in [6, 6.07) is 15.5. The number of aliphatic carboxylic acids is 1. The number of nitrogens with two attached hydrogens (primary N) is 1. The minimum atomic E-state index is -1.18. The average molecular weight is 326 g/mol. The Labute approximate surface area is 139 Å². The molecule has 2 rings (SSSR count). The van der Waals surface area contributed by atoms with E-state index in [1.165, 1.54) is 0 Å². The number of rotatable bonds is 6. The molecule has 0 saturated carbocycles. The topological polar surface area (TPSA) is 109 Å². The molecule has 0 aliphatic rings. The van der Waals surface area contributed by atoms with Crippen LogP contribution in [0.3, 0.4) is 0 Å². The van der Waals surface area contributed by atoms with Gasteiger partial charge in [-0.2, -0.15) is 0 Å². The lowest BCUT2D eigenvalue weighted by Gasteiger charge is -2.07. The third kappa shape index (κ3) is 4.76. The Balaban J connectivity index is 1.93. The summed E-state index contributed by atoms with van der Waals surface area (Å²) in [6.45, 7) is 0. The molecule has 6 heteroatoms. The fraction of sp³-hybridized carbons (Fsp3) is 0.167. The number of nitrogens with one attached hydrogen (secondary N) is 1. The molecule has 2 aromatic rings. The number of carbonyl (C=O) groups is 3. The van der Waals surface area contributed by atoms with Crippen LogP contribution in [0.4, 0.5) is 0 Å². The molecule has 1 atom stereocenters. The molecular formula is C18H18N2O4. The van der Waals surface area contributed by atoms with Crippen LogP contribution in [0.25, 0.3) is 11.1 Å². The van der Waals surface area contributed by atoms with Gasteiger partial charge in [-0.3, -0.25) is 19.7 Å². The molecule has 124 valence electrons. The molecule has 2 aromatic carbocycles. The molecule has 0 unspecified atom stereocenters. The lowest BCUT2D eigenvalue weighted by Crippen LogP contribution is -2.34. The van der Waals surface area contributed by atoms with Crippen LogP contribution in [0.5, 0.6) is 0 Å². The van der Waals surface area contributed by atoms with Crippen molar-refractivity contribution in [1.29, 1.82) is 0 Å². The second-order valence-corrected chi connectivity index (χ2v) is 5.30. The van der Waals surface area contributed by atoms with Crippen LogP contribution < -0.4 is 11.1 Å². The van der Waals surface area contributed by atoms with Gasteiger partial charge in [0.1, 0.15) is 6.04 Å². The van der Waals surface area contributed by atoms with Gasteiger partial charge in [0, 0.05) is 12.0 Å². The van der Waals surface area contributed by atoms with Gasteiger partial charge in [0.25, 0.3) is 5.91 Å². The van der Waals surface area contributed by atoms with Crippen molar-refractivity contribution in [2.45, 2.75) is 18.9 Å². The fourth-order valence-electron chi connectivity index (χ4n) is 2.12. The smallest absolute Gasteiger partial charge is 0.320 e. The Kier molecular flexibility index (Phi) is 5.81. The third-order valence-corrected chi connectivity index (χ3v) is 3.51. The Morgan fingerprint density at radius 3 is 2.12 bits per heavy atom. The summed E-state index contributed by atoms with van der Waals surface area (Å²) >= 11 is 0. The van der Waals surface area contributed by atoms with Crippen LogP contribution in [0, 0.1) is 0 Å². The van der Waals surface area contributed by atoms with Crippen LogP contribution >= 0.6 is 0 Å². The zero-order valence-corrected chi connectivity index (χ0v) is 12.9. The van der Waals surface area contributed by atoms with Crippen LogP contribution in [0.1, 0.15) is 23.2 Å². The Bertz CT molecular complexity index is 726. The van der Waals surface area contributed by atoms with Crippen molar-refractivity contribution < 1.29 is 19.5 Å². The summed E-state index contributed by atoms with van der Waals surface area (Å²) in [5.41, 5.74) is 7.66. The SMILES string of the molecule is N[C@H](CCC(=O)NC(=O)c1ccc(-c2ccccc2)cc1)C(=O)O. The maximum absolute atomic E-state index is 12.0. The fourth-order valence-corrected chi connectivity index (χ4v) is 2.12. The van der Waals surface area contributed by atoms with Gasteiger partial charge >= 0.3 is 5.97 Å². The summed E-state index contributed by atoms with van der Waals surface area (Å²) in [5.74, 6) is -2.25. The molecule has 0 spiro atoms. The van der Waals surface area contributed by atoms with E-state index in [0.717, 1.165) is 11.1 Å². The van der Waals surface area contributed by atoms with Crippen molar-refractivity contribution in [2.24, 2.45) is 5.73 Å². The molecule has 0 fully saturated rings. The minimum absolute atomic E-state index is 0.0264. The van der Waals surface area contributed by atoms with E-state index in [0.29, 0.717) is 5.56 Å². The van der Waals surface area contributed by atoms with Crippen LogP contribution in [-0.2, 0) is 9.59 Å². The first-order valence-electron chi connectivity index (χ1n) is 7.45. The first-order valence-corrected chi connectivity index (χ1v) is 7.45. The number of amides is 2. The monoisotopic (exact) mass is 326 g/mol. The van der Waals surface area contributed by atoms with Crippen molar-refractivity contribution in [3.05, 3.63) is 60.2 Å². The van der Waals surface area contributed by atoms with E-state index in [2.05, 4.69) is 5.32 Å². The standard InChI is InChI=1S/C18H18N2O4/c19-15(18(23)24)10-11-16(21)20-17(22)14-8-6-13(7-9-14)12-4-2-1-3-5-12/h1-9,15H,10-11,19H2,(H,23,24)(H,20,21,22)/t15-/m1/s1. The van der Waals surface area contributed by atoms with E-state index in [1.807, 2.05) is 30.3 Å². The zero-order valence-electron chi connectivity index (χ0n) is 12.9. The molecule has 4 N–H and O–H groups in total. The van der Waals surface area contributed by atoms with Crippen molar-refractivity contribution in [1.82, 2.24) is 5.32 Å². The van der Waals surface area contributed by atoms with Gasteiger partial charge in [0.2, 0.25) is 5.91 Å². The third-order valence-electron chi connectivity index (χ3n) is 3.51. The average Bonchev–Trinajstić information content (AvgIpc) is 2.60. The molecule has 24 heavy (non-hydrogen) atoms. The lowest BCUT2D eigenvalue weighted by atomic mass is 10.0. The highest BCUT2D eigenvalue weighted by Crippen LogP contribution is 2.19. The molecule has 0 aliphatic carbocycles. The summed E-state index contributed by atoms with van der Waals surface area (Å²) in [7, 11) is 0. The van der Waals surface area contributed by atoms with Gasteiger partial charge in [0.15, 0.2) is 0 Å². The number of carbonyl (C=O) groups excluding carboxylic acids is 2. The number of imide groups is 1. The van der Waals surface area contributed by atoms with Gasteiger partial charge in [0.05, 0.1) is 0 Å². The maximum atomic E-state index is 12.0. The van der Waals surface area contributed by atoms with E-state index >= 15 is 0 Å². The van der Waals surface area contributed by atoms with Crippen molar-refractivity contribution >= 4 is 17.8 Å². The highest BCUT2D eigenvalue weighted by atomic mass is 16.4. The number of carboxylic acids is 1. The Morgan fingerprint density at radius 2 is 1.54 bits per heavy atom. The Morgan fingerprint density at radius 1 is 0.958 bits per heavy atom. The van der Waals surface area contributed by atoms with Crippen LogP contribution in [0.2, 0.25) is 0 Å². The molecule has 0 bridgehead atoms. The van der Waals surface area contributed by atoms with E-state index in [9.17, 15) is 14.4 Å². The molecule has 0 aromatic heterocycles. The second-order valence-electron chi connectivity index (χ2n) is 5.30. The summed E-state index contributed by atoms with van der Waals surface area (Å²) in [4.78, 5) is 34.2. The van der Waals surface area contributed by atoms with Gasteiger partial charge < -0.3 is 10.8 Å². The minimum Gasteiger partial charge on any atom is -0.480 e. The van der Waals surface area contributed by atoms with Gasteiger partial charge in [-0.1, -0.05) is 42.5 Å². The number of carboxylic acid groups (broad SMARTS) is 1. The van der Waals surface area contributed by atoms with E-state index in [4.69, 9.17) is 10.8 Å². The molecule has 6 nitrogen and oxygen atoms in total. The number of benzene rings is 2. The van der Waals surface area contributed by atoms with Gasteiger partial charge in [-0.15, -0.1) is 0 Å². The van der Waals surface area contributed by atoms with Crippen molar-refractivity contribution in [2.75, 3.05) is 0 Å². The van der Waals surface area contributed by atoms with Gasteiger partial charge in [-0.05, 0) is 29.7 Å². The van der Waals surface area contributed by atoms with Gasteiger partial charge in [-0.25, -0.2) is 0 Å². The summed E-state index contributed by atoms with van der Waals surface area (Å²) in [5, 5.41) is 10.9. The maximum Gasteiger partial charge on any atom is 0.320 e.